The molecule has 0 aromatic heterocycles. The molecule has 0 unspecified atom stereocenters. The van der Waals surface area contributed by atoms with Gasteiger partial charge in [0.2, 0.25) is 0 Å². The van der Waals surface area contributed by atoms with E-state index in [4.69, 9.17) is 17.5 Å². The lowest BCUT2D eigenvalue weighted by Gasteiger charge is -2.11. The molecule has 0 aliphatic rings. The molecule has 0 aliphatic heterocycles. The molecule has 2 nitrogen and oxygen atoms in total. The summed E-state index contributed by atoms with van der Waals surface area (Å²) in [4.78, 5) is 0.359. The summed E-state index contributed by atoms with van der Waals surface area (Å²) >= 11 is 4.72. The van der Waals surface area contributed by atoms with Crippen molar-refractivity contribution in [1.82, 2.24) is 0 Å². The maximum Gasteiger partial charge on any atom is 0.417 e. The minimum atomic E-state index is -4.54. The predicted octanol–water partition coefficient (Wildman–Crippen LogP) is 3.34. The first-order valence-corrected chi connectivity index (χ1v) is 4.64. The zero-order valence-electron chi connectivity index (χ0n) is 8.22. The van der Waals surface area contributed by atoms with E-state index in [0.29, 0.717) is 4.99 Å². The number of hydrogen-bond acceptors (Lipinski definition) is 2. The van der Waals surface area contributed by atoms with Crippen LogP contribution in [0.4, 0.5) is 18.9 Å². The average molecular weight is 244 g/mol. The number of nitriles is 1. The van der Waals surface area contributed by atoms with Crippen LogP contribution in [0.25, 0.3) is 0 Å². The molecule has 84 valence electrons. The van der Waals surface area contributed by atoms with E-state index in [-0.39, 0.29) is 5.69 Å². The molecule has 0 aliphatic carbocycles. The van der Waals surface area contributed by atoms with Gasteiger partial charge in [0.25, 0.3) is 0 Å². The van der Waals surface area contributed by atoms with Crippen molar-refractivity contribution in [1.29, 1.82) is 5.26 Å². The summed E-state index contributed by atoms with van der Waals surface area (Å²) in [6, 6.07) is 4.86. The third kappa shape index (κ3) is 2.94. The molecular formula is C10H7F3N2S. The Labute approximate surface area is 95.7 Å². The number of thiocarbonyl (C=S) groups is 1. The fourth-order valence-electron chi connectivity index (χ4n) is 1.16. The van der Waals surface area contributed by atoms with Crippen LogP contribution in [-0.2, 0) is 6.18 Å². The first-order valence-electron chi connectivity index (χ1n) is 4.23. The van der Waals surface area contributed by atoms with Gasteiger partial charge in [0, 0.05) is 5.69 Å². The summed E-state index contributed by atoms with van der Waals surface area (Å²) in [5, 5.41) is 11.1. The molecule has 1 rings (SSSR count). The summed E-state index contributed by atoms with van der Waals surface area (Å²) in [6.07, 6.45) is -4.54. The van der Waals surface area contributed by atoms with Crippen molar-refractivity contribution in [2.24, 2.45) is 0 Å². The number of anilines is 1. The normalized spacial score (nSPS) is 10.7. The topological polar surface area (TPSA) is 35.8 Å². The Morgan fingerprint density at radius 3 is 2.50 bits per heavy atom. The quantitative estimate of drug-likeness (QED) is 0.769. The van der Waals surface area contributed by atoms with Crippen molar-refractivity contribution < 1.29 is 13.2 Å². The van der Waals surface area contributed by atoms with Crippen LogP contribution in [0.1, 0.15) is 18.1 Å². The minimum absolute atomic E-state index is 0.221. The molecule has 0 amide bonds. The van der Waals surface area contributed by atoms with Crippen LogP contribution < -0.4 is 5.32 Å². The molecule has 0 radical (unpaired) electrons. The van der Waals surface area contributed by atoms with Crippen molar-refractivity contribution in [2.75, 3.05) is 5.32 Å². The molecule has 6 heteroatoms. The van der Waals surface area contributed by atoms with Crippen molar-refractivity contribution in [3.63, 3.8) is 0 Å². The molecule has 0 saturated heterocycles. The van der Waals surface area contributed by atoms with Gasteiger partial charge in [0.05, 0.1) is 22.2 Å². The third-order valence-electron chi connectivity index (χ3n) is 1.77. The van der Waals surface area contributed by atoms with Gasteiger partial charge in [0.1, 0.15) is 0 Å². The molecule has 0 spiro atoms. The second-order valence-electron chi connectivity index (χ2n) is 3.05. The van der Waals surface area contributed by atoms with Gasteiger partial charge < -0.3 is 5.32 Å². The Morgan fingerprint density at radius 1 is 1.44 bits per heavy atom. The molecule has 0 fully saturated rings. The van der Waals surface area contributed by atoms with E-state index in [2.05, 4.69) is 5.32 Å². The Morgan fingerprint density at radius 2 is 2.06 bits per heavy atom. The highest BCUT2D eigenvalue weighted by Gasteiger charge is 2.33. The number of benzene rings is 1. The van der Waals surface area contributed by atoms with Crippen LogP contribution >= 0.6 is 12.2 Å². The molecule has 1 aromatic rings. The second kappa shape index (κ2) is 4.49. The Hall–Kier alpha value is -1.61. The Kier molecular flexibility index (Phi) is 3.50. The number of nitrogens with zero attached hydrogens (tertiary/aromatic N) is 1. The predicted molar refractivity (Wildman–Crippen MR) is 58.1 cm³/mol. The average Bonchev–Trinajstić information content (AvgIpc) is 2.15. The summed E-state index contributed by atoms with van der Waals surface area (Å²) in [7, 11) is 0. The summed E-state index contributed by atoms with van der Waals surface area (Å²) in [5.74, 6) is 0. The van der Waals surface area contributed by atoms with E-state index < -0.39 is 17.3 Å². The first kappa shape index (κ1) is 12.5. The monoisotopic (exact) mass is 244 g/mol. The van der Waals surface area contributed by atoms with Crippen molar-refractivity contribution in [3.8, 4) is 6.07 Å². The van der Waals surface area contributed by atoms with Crippen LogP contribution in [0, 0.1) is 11.3 Å². The van der Waals surface area contributed by atoms with E-state index >= 15 is 0 Å². The third-order valence-corrected chi connectivity index (χ3v) is 1.87. The van der Waals surface area contributed by atoms with Crippen LogP contribution in [0.15, 0.2) is 18.2 Å². The first-order chi connectivity index (χ1) is 7.34. The molecule has 16 heavy (non-hydrogen) atoms. The Bertz CT molecular complexity index is 460. The molecule has 0 bridgehead atoms. The zero-order chi connectivity index (χ0) is 12.3. The van der Waals surface area contributed by atoms with Crippen LogP contribution in [0.2, 0.25) is 0 Å². The lowest BCUT2D eigenvalue weighted by atomic mass is 10.1. The van der Waals surface area contributed by atoms with Gasteiger partial charge in [-0.1, -0.05) is 12.2 Å². The molecule has 0 atom stereocenters. The SMILES string of the molecule is CC(=S)Nc1ccc(C#N)c(C(F)(F)F)c1. The van der Waals surface area contributed by atoms with Gasteiger partial charge in [-0.05, 0) is 25.1 Å². The molecule has 0 heterocycles. The van der Waals surface area contributed by atoms with E-state index in [1.165, 1.54) is 12.1 Å². The highest BCUT2D eigenvalue weighted by molar-refractivity contribution is 7.80. The standard InChI is InChI=1S/C10H7F3N2S/c1-6(16)15-8-3-2-7(5-14)9(4-8)10(11,12)13/h2-4H,1H3,(H,15,16). The Balaban J connectivity index is 3.23. The number of hydrogen-bond donors (Lipinski definition) is 1. The number of halogens is 3. The van der Waals surface area contributed by atoms with Crippen LogP contribution in [0.5, 0.6) is 0 Å². The second-order valence-corrected chi connectivity index (χ2v) is 3.66. The molecule has 1 aromatic carbocycles. The van der Waals surface area contributed by atoms with Crippen molar-refractivity contribution in [2.45, 2.75) is 13.1 Å². The van der Waals surface area contributed by atoms with Gasteiger partial charge in [-0.3, -0.25) is 0 Å². The smallest absolute Gasteiger partial charge is 0.350 e. The number of rotatable bonds is 1. The van der Waals surface area contributed by atoms with Gasteiger partial charge in [0.15, 0.2) is 0 Å². The lowest BCUT2D eigenvalue weighted by Crippen LogP contribution is -2.10. The van der Waals surface area contributed by atoms with Gasteiger partial charge in [-0.15, -0.1) is 0 Å². The zero-order valence-corrected chi connectivity index (χ0v) is 9.04. The number of alkyl halides is 3. The lowest BCUT2D eigenvalue weighted by molar-refractivity contribution is -0.137. The summed E-state index contributed by atoms with van der Waals surface area (Å²) in [5.41, 5.74) is -1.14. The fourth-order valence-corrected chi connectivity index (χ4v) is 1.28. The van der Waals surface area contributed by atoms with Crippen LogP contribution in [-0.4, -0.2) is 4.99 Å². The summed E-state index contributed by atoms with van der Waals surface area (Å²) < 4.78 is 37.6. The number of nitrogens with one attached hydrogen (secondary N) is 1. The van der Waals surface area contributed by atoms with Gasteiger partial charge in [-0.2, -0.15) is 18.4 Å². The largest absolute Gasteiger partial charge is 0.417 e. The van der Waals surface area contributed by atoms with Crippen molar-refractivity contribution in [3.05, 3.63) is 29.3 Å². The van der Waals surface area contributed by atoms with Gasteiger partial charge >= 0.3 is 6.18 Å². The molecule has 0 saturated carbocycles. The van der Waals surface area contributed by atoms with Crippen molar-refractivity contribution >= 4 is 22.9 Å². The van der Waals surface area contributed by atoms with E-state index in [9.17, 15) is 13.2 Å². The summed E-state index contributed by atoms with van der Waals surface area (Å²) in [6.45, 7) is 1.56. The van der Waals surface area contributed by atoms with E-state index in [1.807, 2.05) is 0 Å². The highest BCUT2D eigenvalue weighted by Crippen LogP contribution is 2.33. The van der Waals surface area contributed by atoms with Crippen LogP contribution in [0.3, 0.4) is 0 Å². The van der Waals surface area contributed by atoms with Gasteiger partial charge in [-0.25, -0.2) is 0 Å². The maximum absolute atomic E-state index is 12.5. The fraction of sp³-hybridized carbons (Fsp3) is 0.200. The van der Waals surface area contributed by atoms with E-state index in [1.54, 1.807) is 6.92 Å². The molecule has 1 N–H and O–H groups in total. The minimum Gasteiger partial charge on any atom is -0.350 e. The maximum atomic E-state index is 12.5. The molecular weight excluding hydrogens is 237 g/mol. The van der Waals surface area contributed by atoms with E-state index in [0.717, 1.165) is 12.1 Å². The highest BCUT2D eigenvalue weighted by atomic mass is 32.1.